The summed E-state index contributed by atoms with van der Waals surface area (Å²) in [7, 11) is 0. The van der Waals surface area contributed by atoms with Gasteiger partial charge in [-0.25, -0.2) is 0 Å². The highest BCUT2D eigenvalue weighted by Gasteiger charge is 2.12. The molecule has 1 N–H and O–H groups in total. The fourth-order valence-corrected chi connectivity index (χ4v) is 3.96. The lowest BCUT2D eigenvalue weighted by atomic mass is 10.2. The van der Waals surface area contributed by atoms with Gasteiger partial charge in [0, 0.05) is 23.4 Å². The van der Waals surface area contributed by atoms with E-state index in [1.807, 2.05) is 63.2 Å². The molecule has 9 heteroatoms. The largest absolute Gasteiger partial charge is 0.490 e. The van der Waals surface area contributed by atoms with E-state index in [9.17, 15) is 0 Å². The normalized spacial score (nSPS) is 11.1. The van der Waals surface area contributed by atoms with E-state index in [4.69, 9.17) is 21.1 Å². The van der Waals surface area contributed by atoms with Gasteiger partial charge in [-0.3, -0.25) is 0 Å². The van der Waals surface area contributed by atoms with Crippen molar-refractivity contribution in [1.29, 1.82) is 0 Å². The van der Waals surface area contributed by atoms with Crippen LogP contribution in [-0.2, 0) is 6.54 Å². The Morgan fingerprint density at radius 1 is 1.16 bits per heavy atom. The number of hydrogen-bond acceptors (Lipinski definition) is 7. The summed E-state index contributed by atoms with van der Waals surface area (Å²) < 4.78 is 13.3. The first-order chi connectivity index (χ1) is 15.1. The number of halogens is 1. The summed E-state index contributed by atoms with van der Waals surface area (Å²) in [5.74, 6) is 2.30. The Bertz CT molecular complexity index is 952. The summed E-state index contributed by atoms with van der Waals surface area (Å²) in [5.41, 5.74) is 1.94. The minimum absolute atomic E-state index is 0.0552. The summed E-state index contributed by atoms with van der Waals surface area (Å²) in [6.07, 6.45) is 1.02. The maximum Gasteiger partial charge on any atom is 0.214 e. The fourth-order valence-electron chi connectivity index (χ4n) is 2.91. The van der Waals surface area contributed by atoms with Crippen LogP contribution in [0.3, 0.4) is 0 Å². The Labute approximate surface area is 192 Å². The van der Waals surface area contributed by atoms with Gasteiger partial charge in [-0.15, -0.1) is 5.10 Å². The van der Waals surface area contributed by atoms with Crippen LogP contribution in [0.4, 0.5) is 0 Å². The Balaban J connectivity index is 1.47. The molecule has 0 atom stereocenters. The van der Waals surface area contributed by atoms with Crippen molar-refractivity contribution in [2.75, 3.05) is 18.9 Å². The van der Waals surface area contributed by atoms with Gasteiger partial charge in [-0.05, 0) is 67.9 Å². The van der Waals surface area contributed by atoms with Gasteiger partial charge in [0.1, 0.15) is 0 Å². The van der Waals surface area contributed by atoms with Crippen molar-refractivity contribution in [3.63, 3.8) is 0 Å². The SMILES string of the molecule is CCOc1cc(CNCCCSc2nnnn2-c2ccccc2)c(Cl)cc1OC(C)C. The van der Waals surface area contributed by atoms with Crippen LogP contribution < -0.4 is 14.8 Å². The summed E-state index contributed by atoms with van der Waals surface area (Å²) in [6, 6.07) is 13.7. The molecule has 3 aromatic rings. The fraction of sp³-hybridized carbons (Fsp3) is 0.409. The van der Waals surface area contributed by atoms with Crippen LogP contribution in [0, 0.1) is 0 Å². The number of benzene rings is 2. The van der Waals surface area contributed by atoms with Crippen molar-refractivity contribution in [2.45, 2.75) is 45.0 Å². The highest BCUT2D eigenvalue weighted by molar-refractivity contribution is 7.99. The number of ether oxygens (including phenoxy) is 2. The van der Waals surface area contributed by atoms with Gasteiger partial charge >= 0.3 is 0 Å². The van der Waals surface area contributed by atoms with Crippen molar-refractivity contribution in [3.8, 4) is 17.2 Å². The van der Waals surface area contributed by atoms with Gasteiger partial charge in [0.2, 0.25) is 5.16 Å². The lowest BCUT2D eigenvalue weighted by molar-refractivity contribution is 0.223. The third kappa shape index (κ3) is 6.85. The predicted octanol–water partition coefficient (Wildman–Crippen LogP) is 4.77. The van der Waals surface area contributed by atoms with Crippen LogP contribution in [-0.4, -0.2) is 45.2 Å². The smallest absolute Gasteiger partial charge is 0.214 e. The molecule has 0 spiro atoms. The van der Waals surface area contributed by atoms with Crippen LogP contribution in [0.5, 0.6) is 11.5 Å². The Morgan fingerprint density at radius 2 is 1.97 bits per heavy atom. The molecule has 7 nitrogen and oxygen atoms in total. The molecule has 0 saturated carbocycles. The molecule has 166 valence electrons. The number of aromatic nitrogens is 4. The van der Waals surface area contributed by atoms with Crippen molar-refractivity contribution in [3.05, 3.63) is 53.1 Å². The van der Waals surface area contributed by atoms with Crippen LogP contribution in [0.15, 0.2) is 47.6 Å². The number of rotatable bonds is 12. The standard InChI is InChI=1S/C22H28ClN5O2S/c1-4-29-20-13-17(19(23)14-21(20)30-16(2)3)15-24-11-8-12-31-22-25-26-27-28(22)18-9-6-5-7-10-18/h5-7,9-10,13-14,16,24H,4,8,11-12,15H2,1-3H3. The molecule has 0 aliphatic rings. The van der Waals surface area contributed by atoms with Crippen LogP contribution >= 0.6 is 23.4 Å². The molecule has 2 aromatic carbocycles. The van der Waals surface area contributed by atoms with E-state index < -0.39 is 0 Å². The molecule has 0 amide bonds. The molecule has 1 aromatic heterocycles. The second kappa shape index (κ2) is 11.9. The molecule has 0 aliphatic heterocycles. The van der Waals surface area contributed by atoms with Gasteiger partial charge in [0.05, 0.1) is 18.4 Å². The maximum absolute atomic E-state index is 6.46. The second-order valence-electron chi connectivity index (χ2n) is 7.08. The molecular weight excluding hydrogens is 434 g/mol. The van der Waals surface area contributed by atoms with Crippen molar-refractivity contribution >= 4 is 23.4 Å². The zero-order chi connectivity index (χ0) is 22.1. The van der Waals surface area contributed by atoms with Crippen molar-refractivity contribution in [1.82, 2.24) is 25.5 Å². The van der Waals surface area contributed by atoms with E-state index in [2.05, 4.69) is 20.8 Å². The van der Waals surface area contributed by atoms with E-state index in [0.717, 1.165) is 40.9 Å². The zero-order valence-electron chi connectivity index (χ0n) is 18.0. The number of para-hydroxylation sites is 1. The summed E-state index contributed by atoms with van der Waals surface area (Å²) in [4.78, 5) is 0. The van der Waals surface area contributed by atoms with Crippen LogP contribution in [0.2, 0.25) is 5.02 Å². The Hall–Kier alpha value is -2.29. The number of tetrazole rings is 1. The molecule has 0 saturated heterocycles. The quantitative estimate of drug-likeness (QED) is 0.307. The van der Waals surface area contributed by atoms with Crippen LogP contribution in [0.1, 0.15) is 32.8 Å². The predicted molar refractivity (Wildman–Crippen MR) is 125 cm³/mol. The molecule has 0 bridgehead atoms. The maximum atomic E-state index is 6.46. The number of nitrogens with one attached hydrogen (secondary N) is 1. The lowest BCUT2D eigenvalue weighted by Crippen LogP contribution is -2.16. The van der Waals surface area contributed by atoms with E-state index in [1.165, 1.54) is 0 Å². The Kier molecular flexibility index (Phi) is 8.99. The topological polar surface area (TPSA) is 74.1 Å². The molecule has 0 aliphatic carbocycles. The molecule has 1 heterocycles. The highest BCUT2D eigenvalue weighted by Crippen LogP contribution is 2.34. The van der Waals surface area contributed by atoms with Gasteiger partial charge in [-0.2, -0.15) is 4.68 Å². The molecule has 31 heavy (non-hydrogen) atoms. The van der Waals surface area contributed by atoms with E-state index >= 15 is 0 Å². The summed E-state index contributed by atoms with van der Waals surface area (Å²) >= 11 is 8.10. The summed E-state index contributed by atoms with van der Waals surface area (Å²) in [6.45, 7) is 8.00. The average Bonchev–Trinajstić information content (AvgIpc) is 3.22. The lowest BCUT2D eigenvalue weighted by Gasteiger charge is -2.17. The first-order valence-corrected chi connectivity index (χ1v) is 11.7. The monoisotopic (exact) mass is 461 g/mol. The summed E-state index contributed by atoms with van der Waals surface area (Å²) in [5, 5.41) is 16.9. The number of thioether (sulfide) groups is 1. The van der Waals surface area contributed by atoms with Gasteiger partial charge in [0.15, 0.2) is 11.5 Å². The zero-order valence-corrected chi connectivity index (χ0v) is 19.6. The van der Waals surface area contributed by atoms with Gasteiger partial charge in [-0.1, -0.05) is 41.6 Å². The Morgan fingerprint density at radius 3 is 2.71 bits per heavy atom. The molecule has 0 fully saturated rings. The van der Waals surface area contributed by atoms with Crippen molar-refractivity contribution < 1.29 is 9.47 Å². The first-order valence-electron chi connectivity index (χ1n) is 10.4. The minimum atomic E-state index is 0.0552. The third-order valence-corrected chi connectivity index (χ3v) is 5.62. The molecule has 0 unspecified atom stereocenters. The van der Waals surface area contributed by atoms with E-state index in [0.29, 0.717) is 23.9 Å². The van der Waals surface area contributed by atoms with Crippen LogP contribution in [0.25, 0.3) is 5.69 Å². The van der Waals surface area contributed by atoms with E-state index in [1.54, 1.807) is 16.4 Å². The average molecular weight is 462 g/mol. The molecule has 3 rings (SSSR count). The third-order valence-electron chi connectivity index (χ3n) is 4.26. The van der Waals surface area contributed by atoms with Gasteiger partial charge in [0.25, 0.3) is 0 Å². The van der Waals surface area contributed by atoms with E-state index in [-0.39, 0.29) is 6.10 Å². The number of nitrogens with zero attached hydrogens (tertiary/aromatic N) is 4. The molecular formula is C22H28ClN5O2S. The minimum Gasteiger partial charge on any atom is -0.490 e. The van der Waals surface area contributed by atoms with Crippen molar-refractivity contribution in [2.24, 2.45) is 0 Å². The highest BCUT2D eigenvalue weighted by atomic mass is 35.5. The molecule has 0 radical (unpaired) electrons. The van der Waals surface area contributed by atoms with Gasteiger partial charge < -0.3 is 14.8 Å². The second-order valence-corrected chi connectivity index (χ2v) is 8.55. The number of hydrogen-bond donors (Lipinski definition) is 1. The first kappa shape index (κ1) is 23.4.